The van der Waals surface area contributed by atoms with Crippen LogP contribution in [0.5, 0.6) is 0 Å². The molecule has 98 valence electrons. The van der Waals surface area contributed by atoms with Gasteiger partial charge < -0.3 is 0 Å². The zero-order valence-corrected chi connectivity index (χ0v) is 12.7. The predicted octanol–water partition coefficient (Wildman–Crippen LogP) is 5.12. The second-order valence-electron chi connectivity index (χ2n) is 5.63. The van der Waals surface area contributed by atoms with Crippen molar-refractivity contribution >= 4 is 8.07 Å². The summed E-state index contributed by atoms with van der Waals surface area (Å²) in [7, 11) is -1.60. The largest absolute Gasteiger partial charge is 0.136 e. The van der Waals surface area contributed by atoms with Gasteiger partial charge in [0.05, 0.1) is 0 Å². The van der Waals surface area contributed by atoms with Crippen LogP contribution in [0.25, 0.3) is 0 Å². The monoisotopic (exact) mass is 266 g/mol. The lowest BCUT2D eigenvalue weighted by Gasteiger charge is -2.36. The van der Waals surface area contributed by atoms with Crippen LogP contribution in [0.4, 0.5) is 0 Å². The summed E-state index contributed by atoms with van der Waals surface area (Å²) in [4.78, 5) is 0. The molecule has 0 radical (unpaired) electrons. The van der Waals surface area contributed by atoms with E-state index in [2.05, 4.69) is 61.6 Å². The third-order valence-electron chi connectivity index (χ3n) is 4.58. The van der Waals surface area contributed by atoms with Gasteiger partial charge in [-0.3, -0.25) is 0 Å². The van der Waals surface area contributed by atoms with E-state index in [0.717, 1.165) is 0 Å². The number of allylic oxidation sites excluding steroid dienone is 12. The highest BCUT2D eigenvalue weighted by Crippen LogP contribution is 2.44. The number of hydrogen-bond acceptors (Lipinski definition) is 0. The molecular formula is C18H22Si. The van der Waals surface area contributed by atoms with Gasteiger partial charge in [0, 0.05) is 0 Å². The average molecular weight is 266 g/mol. The summed E-state index contributed by atoms with van der Waals surface area (Å²) >= 11 is 0. The van der Waals surface area contributed by atoms with Gasteiger partial charge in [0.25, 0.3) is 0 Å². The highest BCUT2D eigenvalue weighted by Gasteiger charge is 2.42. The van der Waals surface area contributed by atoms with Crippen LogP contribution in [0.2, 0.25) is 6.04 Å². The Kier molecular flexibility index (Phi) is 3.56. The summed E-state index contributed by atoms with van der Waals surface area (Å²) < 4.78 is 0. The van der Waals surface area contributed by atoms with Crippen molar-refractivity contribution in [2.75, 3.05) is 0 Å². The maximum atomic E-state index is 2.42. The molecule has 0 unspecified atom stereocenters. The fourth-order valence-corrected chi connectivity index (χ4v) is 9.26. The summed E-state index contributed by atoms with van der Waals surface area (Å²) in [5.41, 5.74) is 0. The predicted molar refractivity (Wildman–Crippen MR) is 86.4 cm³/mol. The van der Waals surface area contributed by atoms with Crippen LogP contribution in [0.3, 0.4) is 0 Å². The van der Waals surface area contributed by atoms with Gasteiger partial charge in [0.15, 0.2) is 0 Å². The molecule has 0 aromatic rings. The molecule has 0 atom stereocenters. The van der Waals surface area contributed by atoms with Crippen molar-refractivity contribution in [1.29, 1.82) is 0 Å². The zero-order valence-electron chi connectivity index (χ0n) is 11.7. The maximum Gasteiger partial charge on any atom is 0.136 e. The number of hydrogen-bond donors (Lipinski definition) is 0. The Balaban J connectivity index is 2.05. The first-order chi connectivity index (χ1) is 9.38. The lowest BCUT2D eigenvalue weighted by molar-refractivity contribution is 1.03. The van der Waals surface area contributed by atoms with Gasteiger partial charge in [-0.2, -0.15) is 0 Å². The molecule has 0 spiro atoms. The highest BCUT2D eigenvalue weighted by atomic mass is 28.3. The summed E-state index contributed by atoms with van der Waals surface area (Å²) in [5.74, 6) is 0. The van der Waals surface area contributed by atoms with Crippen molar-refractivity contribution in [3.05, 3.63) is 70.3 Å². The standard InChI is InChI=1S/C18H22Si/c1-2-15-19(16-9-3-4-10-16,17-11-5-6-12-17)18-13-7-8-14-18/h3-9,11,13H,2,10,12,14-15H2,1H3. The molecule has 0 fully saturated rings. The van der Waals surface area contributed by atoms with Crippen LogP contribution < -0.4 is 0 Å². The van der Waals surface area contributed by atoms with E-state index >= 15 is 0 Å². The average Bonchev–Trinajstić information content (AvgIpc) is 3.18. The van der Waals surface area contributed by atoms with E-state index in [-0.39, 0.29) is 0 Å². The maximum absolute atomic E-state index is 2.42. The van der Waals surface area contributed by atoms with E-state index in [4.69, 9.17) is 0 Å². The molecule has 0 saturated heterocycles. The second-order valence-corrected chi connectivity index (χ2v) is 9.87. The molecule has 0 N–H and O–H groups in total. The van der Waals surface area contributed by atoms with E-state index in [1.165, 1.54) is 31.7 Å². The molecule has 19 heavy (non-hydrogen) atoms. The highest BCUT2D eigenvalue weighted by molar-refractivity contribution is 6.98. The van der Waals surface area contributed by atoms with E-state index in [0.29, 0.717) is 0 Å². The van der Waals surface area contributed by atoms with Crippen LogP contribution >= 0.6 is 0 Å². The summed E-state index contributed by atoms with van der Waals surface area (Å²) in [6, 6.07) is 1.38. The SMILES string of the molecule is CCC[Si](C1=CC=CC1)(C1=CC=CC1)C1=CC=CC1. The fraction of sp³-hybridized carbons (Fsp3) is 0.333. The molecule has 0 aliphatic heterocycles. The summed E-state index contributed by atoms with van der Waals surface area (Å²) in [5, 5.41) is 5.21. The Labute approximate surface area is 117 Å². The van der Waals surface area contributed by atoms with Gasteiger partial charge in [-0.05, 0) is 25.3 Å². The van der Waals surface area contributed by atoms with Gasteiger partial charge in [0.1, 0.15) is 8.07 Å². The van der Waals surface area contributed by atoms with E-state index in [1.54, 1.807) is 15.6 Å². The third-order valence-corrected chi connectivity index (χ3v) is 10.2. The number of rotatable bonds is 5. The molecule has 0 aromatic heterocycles. The van der Waals surface area contributed by atoms with E-state index in [1.807, 2.05) is 0 Å². The molecular weight excluding hydrogens is 244 g/mol. The van der Waals surface area contributed by atoms with Gasteiger partial charge >= 0.3 is 0 Å². The second kappa shape index (κ2) is 5.34. The molecule has 0 saturated carbocycles. The quantitative estimate of drug-likeness (QED) is 0.606. The first-order valence-corrected chi connectivity index (χ1v) is 9.67. The van der Waals surface area contributed by atoms with E-state index in [9.17, 15) is 0 Å². The van der Waals surface area contributed by atoms with Crippen molar-refractivity contribution in [3.63, 3.8) is 0 Å². The lowest BCUT2D eigenvalue weighted by atomic mass is 10.4. The zero-order chi connectivity index (χ0) is 13.1. The molecule has 0 nitrogen and oxygen atoms in total. The van der Waals surface area contributed by atoms with Crippen molar-refractivity contribution in [2.45, 2.75) is 38.7 Å². The third kappa shape index (κ3) is 2.06. The van der Waals surface area contributed by atoms with Crippen LogP contribution in [0.15, 0.2) is 70.3 Å². The first-order valence-electron chi connectivity index (χ1n) is 7.46. The van der Waals surface area contributed by atoms with Gasteiger partial charge in [-0.1, -0.05) is 83.6 Å². The minimum Gasteiger partial charge on any atom is -0.0808 e. The lowest BCUT2D eigenvalue weighted by Crippen LogP contribution is -2.41. The Hall–Kier alpha value is -1.34. The molecule has 1 heteroatoms. The normalized spacial score (nSPS) is 21.0. The molecule has 3 aliphatic rings. The summed E-state index contributed by atoms with van der Waals surface area (Å²) in [6.07, 6.45) is 25.9. The Morgan fingerprint density at radius 3 is 1.47 bits per heavy atom. The Morgan fingerprint density at radius 2 is 1.21 bits per heavy atom. The van der Waals surface area contributed by atoms with Crippen molar-refractivity contribution < 1.29 is 0 Å². The van der Waals surface area contributed by atoms with Gasteiger partial charge in [0.2, 0.25) is 0 Å². The fourth-order valence-electron chi connectivity index (χ4n) is 3.77. The molecule has 0 bridgehead atoms. The van der Waals surface area contributed by atoms with Crippen molar-refractivity contribution in [1.82, 2.24) is 0 Å². The van der Waals surface area contributed by atoms with Gasteiger partial charge in [-0.15, -0.1) is 0 Å². The van der Waals surface area contributed by atoms with Crippen LogP contribution in [0, 0.1) is 0 Å². The topological polar surface area (TPSA) is 0 Å². The van der Waals surface area contributed by atoms with Crippen LogP contribution in [-0.4, -0.2) is 8.07 Å². The summed E-state index contributed by atoms with van der Waals surface area (Å²) in [6.45, 7) is 2.34. The van der Waals surface area contributed by atoms with Crippen molar-refractivity contribution in [2.24, 2.45) is 0 Å². The molecule has 3 rings (SSSR count). The van der Waals surface area contributed by atoms with Crippen LogP contribution in [0.1, 0.15) is 32.6 Å². The smallest absolute Gasteiger partial charge is 0.0808 e. The Bertz CT molecular complexity index is 464. The minimum absolute atomic E-state index is 1.18. The molecule has 0 aromatic carbocycles. The van der Waals surface area contributed by atoms with Crippen LogP contribution in [-0.2, 0) is 0 Å². The van der Waals surface area contributed by atoms with Crippen molar-refractivity contribution in [3.8, 4) is 0 Å². The Morgan fingerprint density at radius 1 is 0.789 bits per heavy atom. The molecule has 0 heterocycles. The van der Waals surface area contributed by atoms with E-state index < -0.39 is 8.07 Å². The van der Waals surface area contributed by atoms with Gasteiger partial charge in [-0.25, -0.2) is 0 Å². The molecule has 3 aliphatic carbocycles. The minimum atomic E-state index is -1.60. The molecule has 0 amide bonds. The first kappa shape index (κ1) is 12.7.